The maximum absolute atomic E-state index is 10.7. The molecule has 0 atom stereocenters. The lowest BCUT2D eigenvalue weighted by Crippen LogP contribution is -2.01. The number of aromatic carboxylic acids is 1. The molecule has 0 radical (unpaired) electrons. The molecule has 5 heteroatoms. The molecule has 0 fully saturated rings. The molecule has 1 rings (SSSR count). The Morgan fingerprint density at radius 3 is 3.07 bits per heavy atom. The van der Waals surface area contributed by atoms with Gasteiger partial charge in [-0.25, -0.2) is 9.78 Å². The number of pyridine rings is 1. The number of halogens is 1. The number of carboxylic acid groups (broad SMARTS) is 1. The normalized spacial score (nSPS) is 10.5. The van der Waals surface area contributed by atoms with Crippen LogP contribution in [0, 0.1) is 0 Å². The summed E-state index contributed by atoms with van der Waals surface area (Å²) >= 11 is 5.64. The van der Waals surface area contributed by atoms with Gasteiger partial charge in [-0.2, -0.15) is 0 Å². The number of rotatable bonds is 4. The molecule has 0 bridgehead atoms. The summed E-state index contributed by atoms with van der Waals surface area (Å²) in [6.07, 6.45) is 4.88. The molecule has 15 heavy (non-hydrogen) atoms. The maximum atomic E-state index is 10.7. The van der Waals surface area contributed by atoms with Crippen molar-refractivity contribution >= 4 is 17.6 Å². The molecule has 0 saturated carbocycles. The quantitative estimate of drug-likeness (QED) is 0.803. The summed E-state index contributed by atoms with van der Waals surface area (Å²) in [5, 5.41) is 8.88. The van der Waals surface area contributed by atoms with E-state index in [1.807, 2.05) is 13.0 Å². The Labute approximate surface area is 92.2 Å². The van der Waals surface area contributed by atoms with Crippen LogP contribution in [-0.4, -0.2) is 22.7 Å². The lowest BCUT2D eigenvalue weighted by Gasteiger charge is -2.03. The van der Waals surface area contributed by atoms with E-state index in [4.69, 9.17) is 21.4 Å². The van der Waals surface area contributed by atoms with Crippen LogP contribution in [0.15, 0.2) is 24.4 Å². The Morgan fingerprint density at radius 2 is 2.47 bits per heavy atom. The number of carboxylic acids is 1. The number of nitrogens with zero attached hydrogens (tertiary/aromatic N) is 1. The van der Waals surface area contributed by atoms with Gasteiger partial charge in [0.25, 0.3) is 0 Å². The van der Waals surface area contributed by atoms with Crippen LogP contribution in [0.4, 0.5) is 0 Å². The van der Waals surface area contributed by atoms with Gasteiger partial charge >= 0.3 is 5.97 Å². The van der Waals surface area contributed by atoms with Gasteiger partial charge < -0.3 is 9.84 Å². The average Bonchev–Trinajstić information content (AvgIpc) is 2.20. The molecule has 1 aromatic rings. The zero-order valence-corrected chi connectivity index (χ0v) is 8.86. The lowest BCUT2D eigenvalue weighted by molar-refractivity contribution is 0.0696. The smallest absolute Gasteiger partial charge is 0.337 e. The Morgan fingerprint density at radius 1 is 1.73 bits per heavy atom. The monoisotopic (exact) mass is 227 g/mol. The summed E-state index contributed by atoms with van der Waals surface area (Å²) in [5.41, 5.74) is -0.0119. The number of aromatic nitrogens is 1. The van der Waals surface area contributed by atoms with Gasteiger partial charge in [0, 0.05) is 6.07 Å². The highest BCUT2D eigenvalue weighted by atomic mass is 35.5. The second-order valence-corrected chi connectivity index (χ2v) is 3.09. The molecule has 0 aliphatic heterocycles. The highest BCUT2D eigenvalue weighted by Gasteiger charge is 2.10. The summed E-state index contributed by atoms with van der Waals surface area (Å²) in [4.78, 5) is 14.6. The van der Waals surface area contributed by atoms with Gasteiger partial charge in [0.2, 0.25) is 5.88 Å². The molecule has 0 aromatic carbocycles. The SMILES string of the molecule is C/C=C/COc1cc(C(=O)O)c(Cl)cn1. The van der Waals surface area contributed by atoms with E-state index in [0.717, 1.165) is 0 Å². The molecule has 0 aliphatic carbocycles. The lowest BCUT2D eigenvalue weighted by atomic mass is 10.3. The minimum Gasteiger partial charge on any atom is -0.478 e. The van der Waals surface area contributed by atoms with E-state index in [1.165, 1.54) is 12.3 Å². The standard InChI is InChI=1S/C10H10ClNO3/c1-2-3-4-15-9-5-7(10(13)14)8(11)6-12-9/h2-3,5-6H,4H2,1H3,(H,13,14)/b3-2+. The number of carbonyl (C=O) groups is 1. The predicted octanol–water partition coefficient (Wildman–Crippen LogP) is 2.39. The van der Waals surface area contributed by atoms with Crippen LogP contribution >= 0.6 is 11.6 Å². The molecule has 1 heterocycles. The second-order valence-electron chi connectivity index (χ2n) is 2.69. The Kier molecular flexibility index (Phi) is 4.12. The zero-order chi connectivity index (χ0) is 11.3. The van der Waals surface area contributed by atoms with Crippen LogP contribution in [0.1, 0.15) is 17.3 Å². The van der Waals surface area contributed by atoms with Crippen molar-refractivity contribution in [1.82, 2.24) is 4.98 Å². The van der Waals surface area contributed by atoms with Gasteiger partial charge in [-0.15, -0.1) is 0 Å². The van der Waals surface area contributed by atoms with Crippen LogP contribution in [-0.2, 0) is 0 Å². The van der Waals surface area contributed by atoms with Gasteiger partial charge in [-0.1, -0.05) is 23.8 Å². The second kappa shape index (κ2) is 5.36. The van der Waals surface area contributed by atoms with Crippen LogP contribution in [0.3, 0.4) is 0 Å². The number of ether oxygens (including phenoxy) is 1. The summed E-state index contributed by atoms with van der Waals surface area (Å²) in [5.74, 6) is -0.854. The fraction of sp³-hybridized carbons (Fsp3) is 0.200. The summed E-state index contributed by atoms with van der Waals surface area (Å²) in [7, 11) is 0. The third kappa shape index (κ3) is 3.25. The fourth-order valence-corrected chi connectivity index (χ4v) is 1.08. The number of hydrogen-bond acceptors (Lipinski definition) is 3. The van der Waals surface area contributed by atoms with Gasteiger partial charge in [0.1, 0.15) is 6.61 Å². The van der Waals surface area contributed by atoms with Crippen LogP contribution < -0.4 is 4.74 Å². The van der Waals surface area contributed by atoms with E-state index in [1.54, 1.807) is 6.08 Å². The summed E-state index contributed by atoms with van der Waals surface area (Å²) in [6.45, 7) is 2.21. The highest BCUT2D eigenvalue weighted by Crippen LogP contribution is 2.19. The van der Waals surface area contributed by atoms with E-state index >= 15 is 0 Å². The van der Waals surface area contributed by atoms with E-state index in [0.29, 0.717) is 6.61 Å². The third-order valence-corrected chi connectivity index (χ3v) is 1.92. The van der Waals surface area contributed by atoms with Crippen molar-refractivity contribution in [3.8, 4) is 5.88 Å². The Balaban J connectivity index is 2.83. The number of hydrogen-bond donors (Lipinski definition) is 1. The van der Waals surface area contributed by atoms with Crippen molar-refractivity contribution in [1.29, 1.82) is 0 Å². The van der Waals surface area contributed by atoms with Crippen molar-refractivity contribution in [2.24, 2.45) is 0 Å². The molecule has 1 N–H and O–H groups in total. The van der Waals surface area contributed by atoms with Gasteiger partial charge in [-0.3, -0.25) is 0 Å². The third-order valence-electron chi connectivity index (χ3n) is 1.62. The first-order valence-electron chi connectivity index (χ1n) is 4.28. The Hall–Kier alpha value is -1.55. The van der Waals surface area contributed by atoms with Crippen molar-refractivity contribution in [2.75, 3.05) is 6.61 Å². The summed E-state index contributed by atoms with van der Waals surface area (Å²) < 4.78 is 5.17. The fourth-order valence-electron chi connectivity index (χ4n) is 0.892. The minimum atomic E-state index is -1.10. The molecule has 4 nitrogen and oxygen atoms in total. The molecule has 0 amide bonds. The molecule has 0 spiro atoms. The predicted molar refractivity (Wildman–Crippen MR) is 56.5 cm³/mol. The topological polar surface area (TPSA) is 59.4 Å². The van der Waals surface area contributed by atoms with E-state index in [2.05, 4.69) is 4.98 Å². The molecule has 0 aliphatic rings. The molecular weight excluding hydrogens is 218 g/mol. The first-order valence-corrected chi connectivity index (χ1v) is 4.65. The van der Waals surface area contributed by atoms with Crippen LogP contribution in [0.5, 0.6) is 5.88 Å². The molecule has 80 valence electrons. The van der Waals surface area contributed by atoms with Crippen molar-refractivity contribution in [3.63, 3.8) is 0 Å². The maximum Gasteiger partial charge on any atom is 0.337 e. The van der Waals surface area contributed by atoms with E-state index in [-0.39, 0.29) is 16.5 Å². The van der Waals surface area contributed by atoms with Gasteiger partial charge in [-0.05, 0) is 6.92 Å². The molecule has 0 unspecified atom stereocenters. The van der Waals surface area contributed by atoms with E-state index < -0.39 is 5.97 Å². The Bertz CT molecular complexity index is 390. The van der Waals surface area contributed by atoms with Crippen molar-refractivity contribution < 1.29 is 14.6 Å². The van der Waals surface area contributed by atoms with Crippen LogP contribution in [0.25, 0.3) is 0 Å². The van der Waals surface area contributed by atoms with Crippen molar-refractivity contribution in [2.45, 2.75) is 6.92 Å². The first kappa shape index (κ1) is 11.5. The molecule has 1 aromatic heterocycles. The largest absolute Gasteiger partial charge is 0.478 e. The van der Waals surface area contributed by atoms with Crippen LogP contribution in [0.2, 0.25) is 5.02 Å². The van der Waals surface area contributed by atoms with Gasteiger partial charge in [0.15, 0.2) is 0 Å². The highest BCUT2D eigenvalue weighted by molar-refractivity contribution is 6.33. The van der Waals surface area contributed by atoms with Gasteiger partial charge in [0.05, 0.1) is 16.8 Å². The molecular formula is C10H10ClNO3. The first-order chi connectivity index (χ1) is 7.15. The van der Waals surface area contributed by atoms with Crippen molar-refractivity contribution in [3.05, 3.63) is 35.0 Å². The summed E-state index contributed by atoms with van der Waals surface area (Å²) in [6, 6.07) is 1.30. The molecule has 0 saturated heterocycles. The zero-order valence-electron chi connectivity index (χ0n) is 8.11. The average molecular weight is 228 g/mol. The minimum absolute atomic E-state index is 0.0119. The van der Waals surface area contributed by atoms with E-state index in [9.17, 15) is 4.79 Å². The number of allylic oxidation sites excluding steroid dienone is 1.